The highest BCUT2D eigenvalue weighted by Gasteiger charge is 2.21. The van der Waals surface area contributed by atoms with Gasteiger partial charge in [0.1, 0.15) is 0 Å². The molecule has 3 heteroatoms. The van der Waals surface area contributed by atoms with Crippen molar-refractivity contribution in [1.82, 2.24) is 9.88 Å². The van der Waals surface area contributed by atoms with Crippen LogP contribution in [0.3, 0.4) is 0 Å². The molecule has 1 heterocycles. The molecule has 0 radical (unpaired) electrons. The molecule has 1 aromatic heterocycles. The van der Waals surface area contributed by atoms with Crippen molar-refractivity contribution in [3.05, 3.63) is 30.1 Å². The second kappa shape index (κ2) is 5.97. The molecular weight excluding hydrogens is 198 g/mol. The van der Waals surface area contributed by atoms with Gasteiger partial charge in [-0.3, -0.25) is 4.98 Å². The first-order chi connectivity index (χ1) is 7.56. The third-order valence-electron chi connectivity index (χ3n) is 3.22. The van der Waals surface area contributed by atoms with Gasteiger partial charge in [-0.1, -0.05) is 6.07 Å². The molecule has 0 saturated carbocycles. The Morgan fingerprint density at radius 2 is 2.12 bits per heavy atom. The molecule has 0 amide bonds. The van der Waals surface area contributed by atoms with Crippen molar-refractivity contribution >= 4 is 0 Å². The number of rotatable bonds is 6. The Morgan fingerprint density at radius 1 is 1.38 bits per heavy atom. The maximum Gasteiger partial charge on any atom is 0.0416 e. The highest BCUT2D eigenvalue weighted by atomic mass is 15.2. The number of nitrogens with two attached hydrogens (primary N) is 1. The molecule has 0 aliphatic heterocycles. The van der Waals surface area contributed by atoms with Crippen LogP contribution in [0.4, 0.5) is 0 Å². The monoisotopic (exact) mass is 221 g/mol. The summed E-state index contributed by atoms with van der Waals surface area (Å²) in [5.74, 6) is 0. The summed E-state index contributed by atoms with van der Waals surface area (Å²) in [6.07, 6.45) is 3.86. The molecule has 0 saturated heterocycles. The third-order valence-corrected chi connectivity index (χ3v) is 3.22. The van der Waals surface area contributed by atoms with E-state index in [1.807, 2.05) is 18.3 Å². The largest absolute Gasteiger partial charge is 0.330 e. The van der Waals surface area contributed by atoms with Crippen LogP contribution in [0.15, 0.2) is 24.4 Å². The summed E-state index contributed by atoms with van der Waals surface area (Å²) >= 11 is 0. The Hall–Kier alpha value is -0.930. The van der Waals surface area contributed by atoms with E-state index in [4.69, 9.17) is 5.73 Å². The lowest BCUT2D eigenvalue weighted by Crippen LogP contribution is -2.43. The molecule has 0 atom stereocenters. The Labute approximate surface area is 98.7 Å². The Balaban J connectivity index is 2.43. The van der Waals surface area contributed by atoms with Crippen LogP contribution in [0, 0.1) is 0 Å². The fourth-order valence-corrected chi connectivity index (χ4v) is 1.68. The van der Waals surface area contributed by atoms with Gasteiger partial charge in [-0.2, -0.15) is 0 Å². The van der Waals surface area contributed by atoms with Crippen LogP contribution < -0.4 is 5.73 Å². The normalized spacial score (nSPS) is 12.1. The summed E-state index contributed by atoms with van der Waals surface area (Å²) < 4.78 is 0. The van der Waals surface area contributed by atoms with Gasteiger partial charge in [-0.05, 0) is 46.0 Å². The van der Waals surface area contributed by atoms with Crippen LogP contribution in [0.5, 0.6) is 0 Å². The summed E-state index contributed by atoms with van der Waals surface area (Å²) in [7, 11) is 2.15. The second-order valence-corrected chi connectivity index (χ2v) is 4.84. The summed E-state index contributed by atoms with van der Waals surface area (Å²) in [4.78, 5) is 6.68. The molecule has 0 fully saturated rings. The lowest BCUT2D eigenvalue weighted by molar-refractivity contribution is 0.149. The molecule has 0 bridgehead atoms. The van der Waals surface area contributed by atoms with Crippen molar-refractivity contribution in [3.63, 3.8) is 0 Å². The molecule has 0 aromatic carbocycles. The van der Waals surface area contributed by atoms with Gasteiger partial charge in [-0.25, -0.2) is 0 Å². The van der Waals surface area contributed by atoms with E-state index < -0.39 is 0 Å². The zero-order valence-electron chi connectivity index (χ0n) is 10.6. The zero-order valence-corrected chi connectivity index (χ0v) is 10.6. The van der Waals surface area contributed by atoms with Gasteiger partial charge in [0, 0.05) is 30.4 Å². The minimum absolute atomic E-state index is 0.170. The lowest BCUT2D eigenvalue weighted by Gasteiger charge is -2.35. The molecule has 1 aromatic rings. The SMILES string of the molecule is CN(CCc1ccccn1)C(C)(C)CCN. The van der Waals surface area contributed by atoms with Gasteiger partial charge in [0.2, 0.25) is 0 Å². The number of likely N-dealkylation sites (N-methyl/N-ethyl adjacent to an activating group) is 1. The third kappa shape index (κ3) is 3.91. The van der Waals surface area contributed by atoms with Crippen molar-refractivity contribution in [2.24, 2.45) is 5.73 Å². The summed E-state index contributed by atoms with van der Waals surface area (Å²) in [5.41, 5.74) is 6.94. The van der Waals surface area contributed by atoms with Crippen molar-refractivity contribution in [2.45, 2.75) is 32.2 Å². The average Bonchev–Trinajstić information content (AvgIpc) is 2.27. The van der Waals surface area contributed by atoms with Gasteiger partial charge in [-0.15, -0.1) is 0 Å². The van der Waals surface area contributed by atoms with Gasteiger partial charge in [0.25, 0.3) is 0 Å². The van der Waals surface area contributed by atoms with Crippen LogP contribution in [-0.2, 0) is 6.42 Å². The van der Waals surface area contributed by atoms with Crippen LogP contribution in [-0.4, -0.2) is 35.6 Å². The molecule has 16 heavy (non-hydrogen) atoms. The second-order valence-electron chi connectivity index (χ2n) is 4.84. The highest BCUT2D eigenvalue weighted by molar-refractivity contribution is 5.04. The number of nitrogens with zero attached hydrogens (tertiary/aromatic N) is 2. The minimum atomic E-state index is 0.170. The van der Waals surface area contributed by atoms with E-state index >= 15 is 0 Å². The fourth-order valence-electron chi connectivity index (χ4n) is 1.68. The van der Waals surface area contributed by atoms with Gasteiger partial charge >= 0.3 is 0 Å². The van der Waals surface area contributed by atoms with Crippen LogP contribution in [0.2, 0.25) is 0 Å². The van der Waals surface area contributed by atoms with E-state index in [1.165, 1.54) is 0 Å². The highest BCUT2D eigenvalue weighted by Crippen LogP contribution is 2.16. The van der Waals surface area contributed by atoms with E-state index in [9.17, 15) is 0 Å². The molecule has 3 nitrogen and oxygen atoms in total. The maximum absolute atomic E-state index is 5.62. The van der Waals surface area contributed by atoms with E-state index in [2.05, 4.69) is 36.8 Å². The predicted octanol–water partition coefficient (Wildman–Crippen LogP) is 1.68. The van der Waals surface area contributed by atoms with E-state index in [0.717, 1.165) is 31.6 Å². The van der Waals surface area contributed by atoms with Gasteiger partial charge < -0.3 is 10.6 Å². The molecule has 1 rings (SSSR count). The Bertz CT molecular complexity index is 295. The fraction of sp³-hybridized carbons (Fsp3) is 0.615. The van der Waals surface area contributed by atoms with Crippen LogP contribution in [0.25, 0.3) is 0 Å². The summed E-state index contributed by atoms with van der Waals surface area (Å²) in [6, 6.07) is 6.06. The topological polar surface area (TPSA) is 42.2 Å². The number of aromatic nitrogens is 1. The van der Waals surface area contributed by atoms with Crippen LogP contribution in [0.1, 0.15) is 26.0 Å². The maximum atomic E-state index is 5.62. The first kappa shape index (κ1) is 13.1. The smallest absolute Gasteiger partial charge is 0.0416 e. The molecule has 0 spiro atoms. The van der Waals surface area contributed by atoms with Crippen LogP contribution >= 0.6 is 0 Å². The molecule has 0 aliphatic carbocycles. The standard InChI is InChI=1S/C13H23N3/c1-13(2,8-9-14)16(3)11-7-12-6-4-5-10-15-12/h4-6,10H,7-9,11,14H2,1-3H3. The lowest BCUT2D eigenvalue weighted by atomic mass is 9.98. The van der Waals surface area contributed by atoms with Crippen molar-refractivity contribution in [3.8, 4) is 0 Å². The first-order valence-electron chi connectivity index (χ1n) is 5.87. The summed E-state index contributed by atoms with van der Waals surface area (Å²) in [6.45, 7) is 6.22. The van der Waals surface area contributed by atoms with E-state index in [1.54, 1.807) is 0 Å². The zero-order chi connectivity index (χ0) is 12.0. The quantitative estimate of drug-likeness (QED) is 0.794. The van der Waals surface area contributed by atoms with Gasteiger partial charge in [0.05, 0.1) is 0 Å². The minimum Gasteiger partial charge on any atom is -0.330 e. The number of hydrogen-bond acceptors (Lipinski definition) is 3. The molecule has 90 valence electrons. The molecule has 0 aliphatic rings. The average molecular weight is 221 g/mol. The van der Waals surface area contributed by atoms with Crippen molar-refractivity contribution < 1.29 is 0 Å². The molecule has 2 N–H and O–H groups in total. The molecular formula is C13H23N3. The van der Waals surface area contributed by atoms with E-state index in [0.29, 0.717) is 0 Å². The number of hydrogen-bond donors (Lipinski definition) is 1. The molecule has 0 unspecified atom stereocenters. The van der Waals surface area contributed by atoms with Gasteiger partial charge in [0.15, 0.2) is 0 Å². The Morgan fingerprint density at radius 3 is 2.69 bits per heavy atom. The predicted molar refractivity (Wildman–Crippen MR) is 68.3 cm³/mol. The van der Waals surface area contributed by atoms with Crippen molar-refractivity contribution in [2.75, 3.05) is 20.1 Å². The Kier molecular flexibility index (Phi) is 4.90. The first-order valence-corrected chi connectivity index (χ1v) is 5.87. The summed E-state index contributed by atoms with van der Waals surface area (Å²) in [5, 5.41) is 0. The number of pyridine rings is 1. The van der Waals surface area contributed by atoms with E-state index in [-0.39, 0.29) is 5.54 Å². The van der Waals surface area contributed by atoms with Crippen molar-refractivity contribution in [1.29, 1.82) is 0 Å².